The minimum absolute atomic E-state index is 0.280. The number of likely N-dealkylation sites (tertiary alicyclic amines) is 1. The number of piperidine rings is 1. The standard InChI is InChI=1S/C19H31N5O/c1-3-16-14-24(18(25)4-2)10-7-17(16)20-11-15-12-21-19(22-13-15)23-8-5-6-9-23/h12-13,16-17,20H,3-11,14H2,1-2H3/t16-,17+/m1/s1. The largest absolute Gasteiger partial charge is 0.342 e. The SMILES string of the molecule is CCC(=O)N1CC[C@H](NCc2cnc(N3CCCC3)nc2)[C@H](CC)C1. The predicted octanol–water partition coefficient (Wildman–Crippen LogP) is 2.20. The molecule has 2 saturated heterocycles. The van der Waals surface area contributed by atoms with Gasteiger partial charge >= 0.3 is 0 Å². The van der Waals surface area contributed by atoms with Gasteiger partial charge in [-0.05, 0) is 25.2 Å². The van der Waals surface area contributed by atoms with Crippen molar-refractivity contribution in [2.45, 2.75) is 58.5 Å². The van der Waals surface area contributed by atoms with Gasteiger partial charge in [-0.2, -0.15) is 0 Å². The normalized spacial score (nSPS) is 23.9. The van der Waals surface area contributed by atoms with Crippen LogP contribution < -0.4 is 10.2 Å². The molecular weight excluding hydrogens is 314 g/mol. The molecule has 0 unspecified atom stereocenters. The number of nitrogens with zero attached hydrogens (tertiary/aromatic N) is 4. The summed E-state index contributed by atoms with van der Waals surface area (Å²) in [7, 11) is 0. The second kappa shape index (κ2) is 8.61. The Balaban J connectivity index is 1.51. The monoisotopic (exact) mass is 345 g/mol. The summed E-state index contributed by atoms with van der Waals surface area (Å²) >= 11 is 0. The average Bonchev–Trinajstić information content (AvgIpc) is 3.20. The number of hydrogen-bond donors (Lipinski definition) is 1. The summed E-state index contributed by atoms with van der Waals surface area (Å²) in [5.74, 6) is 1.66. The Morgan fingerprint density at radius 1 is 1.20 bits per heavy atom. The lowest BCUT2D eigenvalue weighted by Gasteiger charge is -2.38. The van der Waals surface area contributed by atoms with Crippen molar-refractivity contribution < 1.29 is 4.79 Å². The number of aromatic nitrogens is 2. The van der Waals surface area contributed by atoms with E-state index in [1.807, 2.05) is 24.2 Å². The van der Waals surface area contributed by atoms with Crippen molar-refractivity contribution in [3.63, 3.8) is 0 Å². The number of carbonyl (C=O) groups excluding carboxylic acids is 1. The van der Waals surface area contributed by atoms with Crippen molar-refractivity contribution in [3.8, 4) is 0 Å². The van der Waals surface area contributed by atoms with Gasteiger partial charge in [0.2, 0.25) is 11.9 Å². The summed E-state index contributed by atoms with van der Waals surface area (Å²) in [6.07, 6.45) is 9.10. The van der Waals surface area contributed by atoms with Crippen molar-refractivity contribution in [2.75, 3.05) is 31.1 Å². The second-order valence-electron chi connectivity index (χ2n) is 7.22. The highest BCUT2D eigenvalue weighted by atomic mass is 16.2. The van der Waals surface area contributed by atoms with E-state index < -0.39 is 0 Å². The molecule has 1 aromatic heterocycles. The predicted molar refractivity (Wildman–Crippen MR) is 99.4 cm³/mol. The van der Waals surface area contributed by atoms with Gasteiger partial charge in [-0.1, -0.05) is 20.3 Å². The molecule has 138 valence electrons. The maximum absolute atomic E-state index is 11.9. The van der Waals surface area contributed by atoms with Crippen LogP contribution in [-0.2, 0) is 11.3 Å². The maximum atomic E-state index is 11.9. The fourth-order valence-electron chi connectivity index (χ4n) is 3.93. The Hall–Kier alpha value is -1.69. The van der Waals surface area contributed by atoms with Gasteiger partial charge in [-0.3, -0.25) is 4.79 Å². The van der Waals surface area contributed by atoms with E-state index in [0.717, 1.165) is 57.1 Å². The number of nitrogens with one attached hydrogen (secondary N) is 1. The third-order valence-corrected chi connectivity index (χ3v) is 5.56. The van der Waals surface area contributed by atoms with Crippen molar-refractivity contribution in [3.05, 3.63) is 18.0 Å². The van der Waals surface area contributed by atoms with Gasteiger partial charge < -0.3 is 15.1 Å². The van der Waals surface area contributed by atoms with Gasteiger partial charge in [0.05, 0.1) is 0 Å². The molecule has 1 amide bonds. The van der Waals surface area contributed by atoms with Crippen LogP contribution in [0, 0.1) is 5.92 Å². The topological polar surface area (TPSA) is 61.4 Å². The van der Waals surface area contributed by atoms with E-state index in [2.05, 4.69) is 27.1 Å². The highest BCUT2D eigenvalue weighted by molar-refractivity contribution is 5.75. The van der Waals surface area contributed by atoms with Crippen LogP contribution in [0.4, 0.5) is 5.95 Å². The zero-order valence-corrected chi connectivity index (χ0v) is 15.6. The summed E-state index contributed by atoms with van der Waals surface area (Å²) < 4.78 is 0. The van der Waals surface area contributed by atoms with Gasteiger partial charge in [0.15, 0.2) is 0 Å². The number of hydrogen-bond acceptors (Lipinski definition) is 5. The highest BCUT2D eigenvalue weighted by Crippen LogP contribution is 2.21. The second-order valence-corrected chi connectivity index (χ2v) is 7.22. The first kappa shape index (κ1) is 18.1. The molecule has 0 saturated carbocycles. The maximum Gasteiger partial charge on any atom is 0.225 e. The lowest BCUT2D eigenvalue weighted by atomic mass is 9.89. The van der Waals surface area contributed by atoms with E-state index in [0.29, 0.717) is 18.4 Å². The zero-order chi connectivity index (χ0) is 17.6. The van der Waals surface area contributed by atoms with Crippen LogP contribution in [0.25, 0.3) is 0 Å². The quantitative estimate of drug-likeness (QED) is 0.856. The van der Waals surface area contributed by atoms with E-state index in [1.54, 1.807) is 0 Å². The number of amides is 1. The average molecular weight is 345 g/mol. The van der Waals surface area contributed by atoms with Crippen LogP contribution in [0.2, 0.25) is 0 Å². The first-order valence-corrected chi connectivity index (χ1v) is 9.78. The molecule has 25 heavy (non-hydrogen) atoms. The Morgan fingerprint density at radius 3 is 2.56 bits per heavy atom. The van der Waals surface area contributed by atoms with Gasteiger partial charge in [-0.25, -0.2) is 9.97 Å². The minimum Gasteiger partial charge on any atom is -0.342 e. The van der Waals surface area contributed by atoms with Crippen LogP contribution in [0.5, 0.6) is 0 Å². The molecule has 0 radical (unpaired) electrons. The smallest absolute Gasteiger partial charge is 0.225 e. The van der Waals surface area contributed by atoms with Crippen molar-refractivity contribution in [1.29, 1.82) is 0 Å². The van der Waals surface area contributed by atoms with E-state index in [9.17, 15) is 4.79 Å². The molecule has 0 aliphatic carbocycles. The number of rotatable bonds is 6. The minimum atomic E-state index is 0.280. The van der Waals surface area contributed by atoms with Gasteiger partial charge in [0.1, 0.15) is 0 Å². The van der Waals surface area contributed by atoms with Gasteiger partial charge in [0.25, 0.3) is 0 Å². The summed E-state index contributed by atoms with van der Waals surface area (Å²) in [5.41, 5.74) is 1.13. The molecule has 0 bridgehead atoms. The van der Waals surface area contributed by atoms with Crippen molar-refractivity contribution in [2.24, 2.45) is 5.92 Å². The Bertz CT molecular complexity index is 555. The molecule has 2 atom stereocenters. The summed E-state index contributed by atoms with van der Waals surface area (Å²) in [6, 6.07) is 0.462. The van der Waals surface area contributed by atoms with Gasteiger partial charge in [0, 0.05) is 63.1 Å². The molecule has 2 aliphatic heterocycles. The lowest BCUT2D eigenvalue weighted by Crippen LogP contribution is -2.50. The number of anilines is 1. The Labute approximate surface area is 151 Å². The molecular formula is C19H31N5O. The molecule has 1 aromatic rings. The van der Waals surface area contributed by atoms with E-state index >= 15 is 0 Å². The van der Waals surface area contributed by atoms with Crippen molar-refractivity contribution >= 4 is 11.9 Å². The van der Waals surface area contributed by atoms with E-state index in [1.165, 1.54) is 12.8 Å². The lowest BCUT2D eigenvalue weighted by molar-refractivity contribution is -0.133. The van der Waals surface area contributed by atoms with Crippen LogP contribution in [0.3, 0.4) is 0 Å². The first-order valence-electron chi connectivity index (χ1n) is 9.78. The molecule has 3 rings (SSSR count). The molecule has 0 aromatic carbocycles. The third-order valence-electron chi connectivity index (χ3n) is 5.56. The van der Waals surface area contributed by atoms with Crippen LogP contribution in [0.1, 0.15) is 51.5 Å². The van der Waals surface area contributed by atoms with E-state index in [-0.39, 0.29) is 5.91 Å². The molecule has 0 spiro atoms. The Kier molecular flexibility index (Phi) is 6.24. The molecule has 6 heteroatoms. The molecule has 3 heterocycles. The molecule has 6 nitrogen and oxygen atoms in total. The summed E-state index contributed by atoms with van der Waals surface area (Å²) in [6.45, 7) is 8.85. The molecule has 2 fully saturated rings. The number of carbonyl (C=O) groups is 1. The Morgan fingerprint density at radius 2 is 1.92 bits per heavy atom. The molecule has 1 N–H and O–H groups in total. The van der Waals surface area contributed by atoms with Crippen molar-refractivity contribution in [1.82, 2.24) is 20.2 Å². The first-order chi connectivity index (χ1) is 12.2. The zero-order valence-electron chi connectivity index (χ0n) is 15.6. The van der Waals surface area contributed by atoms with Crippen LogP contribution in [0.15, 0.2) is 12.4 Å². The fourth-order valence-corrected chi connectivity index (χ4v) is 3.93. The van der Waals surface area contributed by atoms with Crippen LogP contribution >= 0.6 is 0 Å². The van der Waals surface area contributed by atoms with Crippen LogP contribution in [-0.4, -0.2) is 53.0 Å². The van der Waals surface area contributed by atoms with E-state index in [4.69, 9.17) is 0 Å². The summed E-state index contributed by atoms with van der Waals surface area (Å²) in [5, 5.41) is 3.67. The summed E-state index contributed by atoms with van der Waals surface area (Å²) in [4.78, 5) is 25.3. The highest BCUT2D eigenvalue weighted by Gasteiger charge is 2.29. The molecule has 2 aliphatic rings. The third kappa shape index (κ3) is 4.48. The fraction of sp³-hybridized carbons (Fsp3) is 0.737. The van der Waals surface area contributed by atoms with Gasteiger partial charge in [-0.15, -0.1) is 0 Å².